The molecule has 0 spiro atoms. The van der Waals surface area contributed by atoms with E-state index in [9.17, 15) is 13.2 Å². The van der Waals surface area contributed by atoms with Crippen molar-refractivity contribution in [1.82, 2.24) is 9.99 Å². The van der Waals surface area contributed by atoms with Gasteiger partial charge >= 0.3 is 6.18 Å². The van der Waals surface area contributed by atoms with Gasteiger partial charge < -0.3 is 0 Å². The summed E-state index contributed by atoms with van der Waals surface area (Å²) in [6, 6.07) is 8.73. The SMILES string of the molecule is CC1=C2N=CC(c3cccnc3-c3cccc(C(F)(F)F)c3)=CN2N=CC1. The number of pyridine rings is 1. The molecule has 7 heteroatoms. The molecule has 2 aliphatic heterocycles. The zero-order valence-electron chi connectivity index (χ0n) is 14.4. The average Bonchev–Trinajstić information content (AvgIpc) is 2.67. The summed E-state index contributed by atoms with van der Waals surface area (Å²) in [5.74, 6) is 0.769. The van der Waals surface area contributed by atoms with Gasteiger partial charge in [0.05, 0.1) is 11.3 Å². The molecular formula is C20H15F3N4. The summed E-state index contributed by atoms with van der Waals surface area (Å²) in [4.78, 5) is 8.80. The van der Waals surface area contributed by atoms with E-state index in [-0.39, 0.29) is 0 Å². The standard InChI is InChI=1S/C20H15F3N4/c1-13-7-9-26-27-12-15(11-25-19(13)27)17-6-3-8-24-18(17)14-4-2-5-16(10-14)20(21,22)23/h2-6,8-12H,7H2,1H3. The first-order valence-corrected chi connectivity index (χ1v) is 8.34. The Labute approximate surface area is 154 Å². The normalized spacial score (nSPS) is 16.4. The highest BCUT2D eigenvalue weighted by Gasteiger charge is 2.30. The number of halogens is 3. The van der Waals surface area contributed by atoms with E-state index in [2.05, 4.69) is 15.1 Å². The van der Waals surface area contributed by atoms with Gasteiger partial charge in [0.2, 0.25) is 0 Å². The first-order chi connectivity index (χ1) is 12.9. The predicted octanol–water partition coefficient (Wildman–Crippen LogP) is 5.12. The third-order valence-corrected chi connectivity index (χ3v) is 4.37. The van der Waals surface area contributed by atoms with Crippen molar-refractivity contribution in [2.24, 2.45) is 10.1 Å². The molecule has 0 bridgehead atoms. The molecule has 0 aliphatic carbocycles. The minimum Gasteiger partial charge on any atom is -0.256 e. The Bertz CT molecular complexity index is 1020. The van der Waals surface area contributed by atoms with E-state index >= 15 is 0 Å². The lowest BCUT2D eigenvalue weighted by molar-refractivity contribution is -0.137. The summed E-state index contributed by atoms with van der Waals surface area (Å²) in [6.07, 6.45) is 3.21. The molecule has 0 unspecified atom stereocenters. The maximum absolute atomic E-state index is 13.1. The van der Waals surface area contributed by atoms with Gasteiger partial charge in [0.25, 0.3) is 0 Å². The van der Waals surface area contributed by atoms with Crippen molar-refractivity contribution in [3.63, 3.8) is 0 Å². The van der Waals surface area contributed by atoms with Crippen molar-refractivity contribution in [2.75, 3.05) is 0 Å². The van der Waals surface area contributed by atoms with E-state index in [1.54, 1.807) is 35.8 Å². The van der Waals surface area contributed by atoms with Crippen LogP contribution in [0.4, 0.5) is 13.2 Å². The Hall–Kier alpha value is -3.22. The third-order valence-electron chi connectivity index (χ3n) is 4.37. The maximum atomic E-state index is 13.1. The van der Waals surface area contributed by atoms with Gasteiger partial charge in [-0.25, -0.2) is 10.0 Å². The summed E-state index contributed by atoms with van der Waals surface area (Å²) in [6.45, 7) is 1.99. The smallest absolute Gasteiger partial charge is 0.256 e. The molecule has 136 valence electrons. The molecule has 0 amide bonds. The van der Waals surface area contributed by atoms with Crippen molar-refractivity contribution in [2.45, 2.75) is 19.5 Å². The van der Waals surface area contributed by atoms with Crippen LogP contribution in [0, 0.1) is 0 Å². The zero-order chi connectivity index (χ0) is 19.0. The Morgan fingerprint density at radius 2 is 1.96 bits per heavy atom. The number of hydrogen-bond acceptors (Lipinski definition) is 4. The maximum Gasteiger partial charge on any atom is 0.416 e. The van der Waals surface area contributed by atoms with Crippen LogP contribution in [-0.2, 0) is 6.18 Å². The minimum absolute atomic E-state index is 0.398. The summed E-state index contributed by atoms with van der Waals surface area (Å²) in [5.41, 5.74) is 2.68. The molecule has 4 rings (SSSR count). The predicted molar refractivity (Wildman–Crippen MR) is 98.8 cm³/mol. The van der Waals surface area contributed by atoms with Gasteiger partial charge in [-0.2, -0.15) is 18.3 Å². The quantitative estimate of drug-likeness (QED) is 0.739. The van der Waals surface area contributed by atoms with Crippen LogP contribution in [0.1, 0.15) is 24.5 Å². The first kappa shape index (κ1) is 17.2. The number of benzene rings is 1. The van der Waals surface area contributed by atoms with Gasteiger partial charge in [0.15, 0.2) is 5.82 Å². The van der Waals surface area contributed by atoms with Crippen LogP contribution in [0.15, 0.2) is 70.3 Å². The molecule has 27 heavy (non-hydrogen) atoms. The van der Waals surface area contributed by atoms with Crippen LogP contribution in [0.25, 0.3) is 16.8 Å². The molecule has 0 fully saturated rings. The monoisotopic (exact) mass is 368 g/mol. The molecule has 0 radical (unpaired) electrons. The van der Waals surface area contributed by atoms with Gasteiger partial charge in [0.1, 0.15) is 0 Å². The lowest BCUT2D eigenvalue weighted by atomic mass is 9.98. The highest BCUT2D eigenvalue weighted by Crippen LogP contribution is 2.35. The van der Waals surface area contributed by atoms with Crippen LogP contribution < -0.4 is 0 Å². The second kappa shape index (κ2) is 6.50. The Morgan fingerprint density at radius 1 is 1.11 bits per heavy atom. The number of fused-ring (bicyclic) bond motifs is 1. The summed E-state index contributed by atoms with van der Waals surface area (Å²) in [7, 11) is 0. The van der Waals surface area contributed by atoms with Crippen molar-refractivity contribution in [3.05, 3.63) is 71.3 Å². The molecule has 2 aromatic rings. The molecule has 1 aromatic heterocycles. The molecular weight excluding hydrogens is 353 g/mol. The van der Waals surface area contributed by atoms with Gasteiger partial charge in [-0.15, -0.1) is 0 Å². The second-order valence-corrected chi connectivity index (χ2v) is 6.27. The van der Waals surface area contributed by atoms with Crippen molar-refractivity contribution in [3.8, 4) is 11.3 Å². The van der Waals surface area contributed by atoms with Crippen molar-refractivity contribution >= 4 is 18.0 Å². The van der Waals surface area contributed by atoms with E-state index in [1.165, 1.54) is 6.07 Å². The number of alkyl halides is 3. The number of aliphatic imine (C=N–C) groups is 1. The summed E-state index contributed by atoms with van der Waals surface area (Å²) in [5, 5.41) is 6.00. The number of allylic oxidation sites excluding steroid dienone is 2. The number of rotatable bonds is 2. The fourth-order valence-corrected chi connectivity index (χ4v) is 3.02. The van der Waals surface area contributed by atoms with E-state index in [1.807, 2.05) is 19.2 Å². The van der Waals surface area contributed by atoms with Gasteiger partial charge in [-0.3, -0.25) is 4.98 Å². The minimum atomic E-state index is -4.41. The molecule has 0 saturated carbocycles. The molecule has 3 heterocycles. The Kier molecular flexibility index (Phi) is 4.14. The number of hydrazone groups is 1. The zero-order valence-corrected chi connectivity index (χ0v) is 14.4. The van der Waals surface area contributed by atoms with Crippen LogP contribution in [0.5, 0.6) is 0 Å². The van der Waals surface area contributed by atoms with Crippen LogP contribution in [0.2, 0.25) is 0 Å². The average molecular weight is 368 g/mol. The van der Waals surface area contributed by atoms with E-state index in [4.69, 9.17) is 0 Å². The second-order valence-electron chi connectivity index (χ2n) is 6.27. The molecule has 0 saturated heterocycles. The van der Waals surface area contributed by atoms with E-state index in [0.717, 1.165) is 35.5 Å². The molecule has 4 nitrogen and oxygen atoms in total. The largest absolute Gasteiger partial charge is 0.416 e. The lowest BCUT2D eigenvalue weighted by Crippen LogP contribution is -2.18. The molecule has 2 aliphatic rings. The number of nitrogens with zero attached hydrogens (tertiary/aromatic N) is 4. The van der Waals surface area contributed by atoms with Gasteiger partial charge in [0, 0.05) is 47.9 Å². The molecule has 0 atom stereocenters. The van der Waals surface area contributed by atoms with Crippen LogP contribution in [0.3, 0.4) is 0 Å². The fraction of sp³-hybridized carbons (Fsp3) is 0.150. The third kappa shape index (κ3) is 3.28. The molecule has 0 N–H and O–H groups in total. The fourth-order valence-electron chi connectivity index (χ4n) is 3.02. The van der Waals surface area contributed by atoms with E-state index in [0.29, 0.717) is 16.8 Å². The topological polar surface area (TPSA) is 40.9 Å². The summed E-state index contributed by atoms with van der Waals surface area (Å²) < 4.78 is 39.2. The van der Waals surface area contributed by atoms with Crippen LogP contribution >= 0.6 is 0 Å². The van der Waals surface area contributed by atoms with Crippen molar-refractivity contribution in [1.29, 1.82) is 0 Å². The number of aromatic nitrogens is 1. The Balaban J connectivity index is 1.79. The van der Waals surface area contributed by atoms with E-state index < -0.39 is 11.7 Å². The highest BCUT2D eigenvalue weighted by atomic mass is 19.4. The highest BCUT2D eigenvalue weighted by molar-refractivity contribution is 6.12. The lowest BCUT2D eigenvalue weighted by Gasteiger charge is -2.25. The first-order valence-electron chi connectivity index (χ1n) is 8.34. The van der Waals surface area contributed by atoms with Gasteiger partial charge in [-0.05, 0) is 30.7 Å². The number of hydrogen-bond donors (Lipinski definition) is 0. The molecule has 1 aromatic carbocycles. The van der Waals surface area contributed by atoms with Crippen molar-refractivity contribution < 1.29 is 13.2 Å². The Morgan fingerprint density at radius 3 is 2.78 bits per heavy atom. The summed E-state index contributed by atoms with van der Waals surface area (Å²) >= 11 is 0. The van der Waals surface area contributed by atoms with Crippen LogP contribution in [-0.4, -0.2) is 22.4 Å². The van der Waals surface area contributed by atoms with Gasteiger partial charge in [-0.1, -0.05) is 18.2 Å².